The molecular formula is C12H20N4O. The van der Waals surface area contributed by atoms with E-state index in [9.17, 15) is 4.79 Å². The van der Waals surface area contributed by atoms with E-state index in [0.29, 0.717) is 11.6 Å². The quantitative estimate of drug-likeness (QED) is 0.801. The standard InChI is InChI=1S/C12H20N4O/c1-8-6-11(15-16(8)3)12(17)14-9(2)10-4-5-13-7-10/h6,9-10,13H,4-5,7H2,1-3H3,(H,14,17). The molecule has 2 heterocycles. The van der Waals surface area contributed by atoms with Crippen LogP contribution in [0.4, 0.5) is 0 Å². The second-order valence-corrected chi connectivity index (χ2v) is 4.81. The zero-order valence-corrected chi connectivity index (χ0v) is 10.7. The Bertz CT molecular complexity index is 387. The van der Waals surface area contributed by atoms with Gasteiger partial charge in [0.25, 0.3) is 5.91 Å². The third-order valence-corrected chi connectivity index (χ3v) is 3.51. The van der Waals surface area contributed by atoms with Gasteiger partial charge in [0.15, 0.2) is 0 Å². The molecule has 5 heteroatoms. The lowest BCUT2D eigenvalue weighted by atomic mass is 10.0. The molecule has 0 radical (unpaired) electrons. The van der Waals surface area contributed by atoms with Crippen molar-refractivity contribution in [3.63, 3.8) is 0 Å². The summed E-state index contributed by atoms with van der Waals surface area (Å²) in [7, 11) is 1.84. The largest absolute Gasteiger partial charge is 0.348 e. The first-order chi connectivity index (χ1) is 8.08. The van der Waals surface area contributed by atoms with Crippen molar-refractivity contribution in [3.8, 4) is 0 Å². The minimum atomic E-state index is -0.0758. The molecule has 17 heavy (non-hydrogen) atoms. The molecule has 2 N–H and O–H groups in total. The number of amides is 1. The topological polar surface area (TPSA) is 59.0 Å². The highest BCUT2D eigenvalue weighted by molar-refractivity contribution is 5.92. The smallest absolute Gasteiger partial charge is 0.272 e. The minimum absolute atomic E-state index is 0.0758. The van der Waals surface area contributed by atoms with Crippen molar-refractivity contribution < 1.29 is 4.79 Å². The van der Waals surface area contributed by atoms with E-state index >= 15 is 0 Å². The van der Waals surface area contributed by atoms with Crippen LogP contribution < -0.4 is 10.6 Å². The Morgan fingerprint density at radius 1 is 1.71 bits per heavy atom. The van der Waals surface area contributed by atoms with Gasteiger partial charge in [0.2, 0.25) is 0 Å². The Hall–Kier alpha value is -1.36. The fourth-order valence-corrected chi connectivity index (χ4v) is 2.17. The number of carbonyl (C=O) groups excluding carboxylic acids is 1. The summed E-state index contributed by atoms with van der Waals surface area (Å²) >= 11 is 0. The summed E-state index contributed by atoms with van der Waals surface area (Å²) in [5.41, 5.74) is 1.49. The van der Waals surface area contributed by atoms with Crippen LogP contribution in [-0.2, 0) is 7.05 Å². The van der Waals surface area contributed by atoms with E-state index in [2.05, 4.69) is 22.7 Å². The predicted molar refractivity (Wildman–Crippen MR) is 65.8 cm³/mol. The van der Waals surface area contributed by atoms with Gasteiger partial charge in [-0.3, -0.25) is 9.48 Å². The number of nitrogens with zero attached hydrogens (tertiary/aromatic N) is 2. The Morgan fingerprint density at radius 3 is 3.00 bits per heavy atom. The molecule has 0 aromatic carbocycles. The molecule has 1 amide bonds. The molecule has 94 valence electrons. The molecule has 1 aromatic rings. The molecule has 1 aliphatic rings. The van der Waals surface area contributed by atoms with Gasteiger partial charge in [-0.15, -0.1) is 0 Å². The van der Waals surface area contributed by atoms with Gasteiger partial charge in [0.05, 0.1) is 0 Å². The van der Waals surface area contributed by atoms with Crippen LogP contribution in [0.15, 0.2) is 6.07 Å². The molecule has 0 aliphatic carbocycles. The maximum absolute atomic E-state index is 12.0. The van der Waals surface area contributed by atoms with E-state index in [1.165, 1.54) is 0 Å². The van der Waals surface area contributed by atoms with Gasteiger partial charge >= 0.3 is 0 Å². The molecule has 0 saturated carbocycles. The first kappa shape index (κ1) is 12.1. The summed E-state index contributed by atoms with van der Waals surface area (Å²) in [5.74, 6) is 0.455. The maximum Gasteiger partial charge on any atom is 0.272 e. The number of hydrogen-bond donors (Lipinski definition) is 2. The summed E-state index contributed by atoms with van der Waals surface area (Å²) in [5, 5.41) is 10.5. The van der Waals surface area contributed by atoms with Gasteiger partial charge in [-0.05, 0) is 45.3 Å². The van der Waals surface area contributed by atoms with E-state index in [4.69, 9.17) is 0 Å². The summed E-state index contributed by atoms with van der Waals surface area (Å²) in [4.78, 5) is 12.0. The second-order valence-electron chi connectivity index (χ2n) is 4.81. The van der Waals surface area contributed by atoms with Crippen LogP contribution in [0.2, 0.25) is 0 Å². The fourth-order valence-electron chi connectivity index (χ4n) is 2.17. The van der Waals surface area contributed by atoms with Crippen LogP contribution in [0.3, 0.4) is 0 Å². The van der Waals surface area contributed by atoms with Gasteiger partial charge in [-0.1, -0.05) is 0 Å². The molecule has 2 rings (SSSR count). The first-order valence-corrected chi connectivity index (χ1v) is 6.10. The Kier molecular flexibility index (Phi) is 3.47. The highest BCUT2D eigenvalue weighted by atomic mass is 16.2. The van der Waals surface area contributed by atoms with Gasteiger partial charge < -0.3 is 10.6 Å². The lowest BCUT2D eigenvalue weighted by Gasteiger charge is -2.19. The zero-order chi connectivity index (χ0) is 12.4. The van der Waals surface area contributed by atoms with Crippen LogP contribution in [0, 0.1) is 12.8 Å². The number of nitrogens with one attached hydrogen (secondary N) is 2. The summed E-state index contributed by atoms with van der Waals surface area (Å²) < 4.78 is 1.72. The normalized spacial score (nSPS) is 21.5. The van der Waals surface area contributed by atoms with Crippen LogP contribution in [0.5, 0.6) is 0 Å². The molecular weight excluding hydrogens is 216 g/mol. The van der Waals surface area contributed by atoms with Crippen LogP contribution in [0.1, 0.15) is 29.5 Å². The maximum atomic E-state index is 12.0. The highest BCUT2D eigenvalue weighted by Crippen LogP contribution is 2.13. The van der Waals surface area contributed by atoms with Crippen molar-refractivity contribution in [2.45, 2.75) is 26.3 Å². The zero-order valence-electron chi connectivity index (χ0n) is 10.7. The molecule has 1 aliphatic heterocycles. The molecule has 2 atom stereocenters. The average Bonchev–Trinajstić information content (AvgIpc) is 2.89. The van der Waals surface area contributed by atoms with Gasteiger partial charge in [0, 0.05) is 18.8 Å². The lowest BCUT2D eigenvalue weighted by molar-refractivity contribution is 0.0923. The number of rotatable bonds is 3. The Labute approximate surface area is 102 Å². The van der Waals surface area contributed by atoms with Gasteiger partial charge in [0.1, 0.15) is 5.69 Å². The molecule has 5 nitrogen and oxygen atoms in total. The van der Waals surface area contributed by atoms with Crippen molar-refractivity contribution in [2.24, 2.45) is 13.0 Å². The van der Waals surface area contributed by atoms with Crippen molar-refractivity contribution in [1.29, 1.82) is 0 Å². The minimum Gasteiger partial charge on any atom is -0.348 e. The third-order valence-electron chi connectivity index (χ3n) is 3.51. The SMILES string of the molecule is Cc1cc(C(=O)NC(C)C2CCNC2)nn1C. The van der Waals surface area contributed by atoms with E-state index in [1.54, 1.807) is 4.68 Å². The van der Waals surface area contributed by atoms with Gasteiger partial charge in [-0.2, -0.15) is 5.10 Å². The monoisotopic (exact) mass is 236 g/mol. The molecule has 2 unspecified atom stereocenters. The Morgan fingerprint density at radius 2 is 2.47 bits per heavy atom. The van der Waals surface area contributed by atoms with E-state index in [1.807, 2.05) is 20.0 Å². The molecule has 0 spiro atoms. The lowest BCUT2D eigenvalue weighted by Crippen LogP contribution is -2.39. The predicted octanol–water partition coefficient (Wildman–Crippen LogP) is 0.456. The first-order valence-electron chi connectivity index (χ1n) is 6.10. The third kappa shape index (κ3) is 2.66. The van der Waals surface area contributed by atoms with Crippen LogP contribution in [-0.4, -0.2) is 34.8 Å². The van der Waals surface area contributed by atoms with E-state index in [0.717, 1.165) is 25.2 Å². The van der Waals surface area contributed by atoms with Crippen molar-refractivity contribution in [2.75, 3.05) is 13.1 Å². The summed E-state index contributed by atoms with van der Waals surface area (Å²) in [6, 6.07) is 2.01. The molecule has 1 saturated heterocycles. The van der Waals surface area contributed by atoms with Crippen molar-refractivity contribution in [3.05, 3.63) is 17.5 Å². The van der Waals surface area contributed by atoms with Gasteiger partial charge in [-0.25, -0.2) is 0 Å². The highest BCUT2D eigenvalue weighted by Gasteiger charge is 2.23. The number of aromatic nitrogens is 2. The van der Waals surface area contributed by atoms with E-state index < -0.39 is 0 Å². The van der Waals surface area contributed by atoms with Crippen molar-refractivity contribution in [1.82, 2.24) is 20.4 Å². The van der Waals surface area contributed by atoms with Crippen LogP contribution >= 0.6 is 0 Å². The number of aryl methyl sites for hydroxylation is 2. The number of hydrogen-bond acceptors (Lipinski definition) is 3. The van der Waals surface area contributed by atoms with Crippen LogP contribution in [0.25, 0.3) is 0 Å². The Balaban J connectivity index is 1.96. The fraction of sp³-hybridized carbons (Fsp3) is 0.667. The average molecular weight is 236 g/mol. The summed E-state index contributed by atoms with van der Waals surface area (Å²) in [6.07, 6.45) is 1.13. The summed E-state index contributed by atoms with van der Waals surface area (Å²) in [6.45, 7) is 6.04. The second kappa shape index (κ2) is 4.87. The van der Waals surface area contributed by atoms with Crippen molar-refractivity contribution >= 4 is 5.91 Å². The molecule has 1 fully saturated rings. The number of carbonyl (C=O) groups is 1. The molecule has 0 bridgehead atoms. The molecule has 1 aromatic heterocycles. The van der Waals surface area contributed by atoms with E-state index in [-0.39, 0.29) is 11.9 Å².